The summed E-state index contributed by atoms with van der Waals surface area (Å²) in [4.78, 5) is 11.5. The Labute approximate surface area is 105 Å². The molecule has 0 spiro atoms. The van der Waals surface area contributed by atoms with Gasteiger partial charge in [0, 0.05) is 0 Å². The Kier molecular flexibility index (Phi) is 3.06. The van der Waals surface area contributed by atoms with Gasteiger partial charge in [-0.15, -0.1) is 0 Å². The minimum absolute atomic E-state index is 0.329. The van der Waals surface area contributed by atoms with Gasteiger partial charge in [0.05, 0.1) is 30.3 Å². The highest BCUT2D eigenvalue weighted by atomic mass is 19.1. The largest absolute Gasteiger partial charge is 0.340 e. The molecule has 0 unspecified atom stereocenters. The molecular formula is C13H15FN4. The van der Waals surface area contributed by atoms with Gasteiger partial charge in [-0.3, -0.25) is 4.98 Å². The van der Waals surface area contributed by atoms with E-state index in [1.807, 2.05) is 0 Å². The van der Waals surface area contributed by atoms with E-state index in [1.165, 1.54) is 25.1 Å². The highest BCUT2D eigenvalue weighted by molar-refractivity contribution is 5.52. The van der Waals surface area contributed by atoms with Crippen molar-refractivity contribution >= 4 is 0 Å². The van der Waals surface area contributed by atoms with E-state index >= 15 is 0 Å². The first-order chi connectivity index (χ1) is 8.81. The van der Waals surface area contributed by atoms with Crippen molar-refractivity contribution in [1.82, 2.24) is 20.3 Å². The molecule has 2 heterocycles. The van der Waals surface area contributed by atoms with Crippen LogP contribution in [-0.2, 0) is 6.54 Å². The molecule has 3 rings (SSSR count). The van der Waals surface area contributed by atoms with Crippen molar-refractivity contribution in [3.05, 3.63) is 36.2 Å². The Morgan fingerprint density at radius 1 is 1.28 bits per heavy atom. The third kappa shape index (κ3) is 2.73. The average molecular weight is 246 g/mol. The second-order valence-corrected chi connectivity index (χ2v) is 4.68. The van der Waals surface area contributed by atoms with Gasteiger partial charge in [-0.25, -0.2) is 9.37 Å². The van der Waals surface area contributed by atoms with Crippen LogP contribution in [-0.4, -0.2) is 21.5 Å². The summed E-state index contributed by atoms with van der Waals surface area (Å²) in [6, 6.07) is 3.04. The topological polar surface area (TPSA) is 53.6 Å². The first kappa shape index (κ1) is 11.3. The maximum atomic E-state index is 12.8. The molecule has 2 aromatic rings. The minimum atomic E-state index is -0.329. The molecule has 18 heavy (non-hydrogen) atoms. The molecule has 1 fully saturated rings. The molecule has 5 heteroatoms. The van der Waals surface area contributed by atoms with Gasteiger partial charge in [-0.1, -0.05) is 0 Å². The number of H-pyrrole nitrogens is 1. The van der Waals surface area contributed by atoms with Crippen molar-refractivity contribution in [3.63, 3.8) is 0 Å². The third-order valence-corrected chi connectivity index (χ3v) is 3.05. The normalized spacial score (nSPS) is 14.9. The van der Waals surface area contributed by atoms with E-state index in [2.05, 4.69) is 20.3 Å². The summed E-state index contributed by atoms with van der Waals surface area (Å²) in [5, 5.41) is 3.36. The molecule has 94 valence electrons. The standard InChI is InChI=1S/C13H15FN4/c14-10-3-4-11(16-6-10)12-7-17-13(18-12)8-15-5-9-1-2-9/h3-4,6-7,9,15H,1-2,5,8H2,(H,17,18). The summed E-state index contributed by atoms with van der Waals surface area (Å²) < 4.78 is 12.8. The predicted molar refractivity (Wildman–Crippen MR) is 66.2 cm³/mol. The molecule has 0 aromatic carbocycles. The number of pyridine rings is 1. The molecule has 1 aliphatic rings. The molecule has 4 nitrogen and oxygen atoms in total. The SMILES string of the molecule is Fc1ccc(-c2cnc(CNCC3CC3)[nH]2)nc1. The molecule has 0 radical (unpaired) electrons. The summed E-state index contributed by atoms with van der Waals surface area (Å²) in [6.45, 7) is 1.79. The van der Waals surface area contributed by atoms with Gasteiger partial charge in [-0.2, -0.15) is 0 Å². The molecule has 1 aliphatic carbocycles. The lowest BCUT2D eigenvalue weighted by Gasteiger charge is -2.00. The third-order valence-electron chi connectivity index (χ3n) is 3.05. The average Bonchev–Trinajstić information content (AvgIpc) is 3.08. The fourth-order valence-electron chi connectivity index (χ4n) is 1.83. The summed E-state index contributed by atoms with van der Waals surface area (Å²) in [5.41, 5.74) is 1.52. The van der Waals surface area contributed by atoms with E-state index in [0.717, 1.165) is 30.5 Å². The Morgan fingerprint density at radius 3 is 2.89 bits per heavy atom. The maximum absolute atomic E-state index is 12.8. The summed E-state index contributed by atoms with van der Waals surface area (Å²) in [7, 11) is 0. The molecule has 0 atom stereocenters. The van der Waals surface area contributed by atoms with Crippen molar-refractivity contribution in [2.75, 3.05) is 6.54 Å². The number of imidazole rings is 1. The van der Waals surface area contributed by atoms with Gasteiger partial charge in [0.15, 0.2) is 0 Å². The first-order valence-corrected chi connectivity index (χ1v) is 6.18. The summed E-state index contributed by atoms with van der Waals surface area (Å²) in [6.07, 6.45) is 5.63. The van der Waals surface area contributed by atoms with Crippen LogP contribution in [0.1, 0.15) is 18.7 Å². The lowest BCUT2D eigenvalue weighted by Crippen LogP contribution is -2.16. The number of halogens is 1. The summed E-state index contributed by atoms with van der Waals surface area (Å²) >= 11 is 0. The Bertz CT molecular complexity index is 516. The van der Waals surface area contributed by atoms with Crippen molar-refractivity contribution < 1.29 is 4.39 Å². The Balaban J connectivity index is 1.62. The zero-order chi connectivity index (χ0) is 12.4. The van der Waals surface area contributed by atoms with Crippen LogP contribution < -0.4 is 5.32 Å². The summed E-state index contributed by atoms with van der Waals surface area (Å²) in [5.74, 6) is 1.42. The van der Waals surface area contributed by atoms with Crippen LogP contribution in [0.3, 0.4) is 0 Å². The second kappa shape index (κ2) is 4.86. The number of hydrogen-bond acceptors (Lipinski definition) is 3. The molecule has 2 aromatic heterocycles. The van der Waals surface area contributed by atoms with E-state index in [-0.39, 0.29) is 5.82 Å². The van der Waals surface area contributed by atoms with E-state index in [9.17, 15) is 4.39 Å². The monoisotopic (exact) mass is 246 g/mol. The van der Waals surface area contributed by atoms with Crippen LogP contribution in [0.4, 0.5) is 4.39 Å². The van der Waals surface area contributed by atoms with Crippen LogP contribution in [0.2, 0.25) is 0 Å². The van der Waals surface area contributed by atoms with Crippen molar-refractivity contribution in [2.45, 2.75) is 19.4 Å². The van der Waals surface area contributed by atoms with Crippen molar-refractivity contribution in [3.8, 4) is 11.4 Å². The van der Waals surface area contributed by atoms with Crippen LogP contribution in [0.5, 0.6) is 0 Å². The predicted octanol–water partition coefficient (Wildman–Crippen LogP) is 2.11. The number of rotatable bonds is 5. The van der Waals surface area contributed by atoms with Gasteiger partial charge >= 0.3 is 0 Å². The number of nitrogens with one attached hydrogen (secondary N) is 2. The first-order valence-electron chi connectivity index (χ1n) is 6.18. The Hall–Kier alpha value is -1.75. The highest BCUT2D eigenvalue weighted by Gasteiger charge is 2.20. The van der Waals surface area contributed by atoms with Gasteiger partial charge in [0.2, 0.25) is 0 Å². The van der Waals surface area contributed by atoms with E-state index < -0.39 is 0 Å². The maximum Gasteiger partial charge on any atom is 0.141 e. The number of aromatic amines is 1. The highest BCUT2D eigenvalue weighted by Crippen LogP contribution is 2.27. The number of aromatic nitrogens is 3. The van der Waals surface area contributed by atoms with E-state index in [1.54, 1.807) is 12.3 Å². The number of nitrogens with zero attached hydrogens (tertiary/aromatic N) is 2. The molecule has 0 aliphatic heterocycles. The number of hydrogen-bond donors (Lipinski definition) is 2. The lowest BCUT2D eigenvalue weighted by atomic mass is 10.3. The van der Waals surface area contributed by atoms with Gasteiger partial charge in [0.1, 0.15) is 11.6 Å². The molecule has 1 saturated carbocycles. The van der Waals surface area contributed by atoms with Crippen LogP contribution in [0.25, 0.3) is 11.4 Å². The van der Waals surface area contributed by atoms with Crippen LogP contribution >= 0.6 is 0 Å². The Morgan fingerprint density at radius 2 is 2.17 bits per heavy atom. The molecule has 0 bridgehead atoms. The fourth-order valence-corrected chi connectivity index (χ4v) is 1.83. The van der Waals surface area contributed by atoms with E-state index in [4.69, 9.17) is 0 Å². The van der Waals surface area contributed by atoms with Gasteiger partial charge < -0.3 is 10.3 Å². The molecule has 0 amide bonds. The van der Waals surface area contributed by atoms with Gasteiger partial charge in [-0.05, 0) is 37.4 Å². The second-order valence-electron chi connectivity index (χ2n) is 4.68. The van der Waals surface area contributed by atoms with Crippen molar-refractivity contribution in [2.24, 2.45) is 5.92 Å². The zero-order valence-corrected chi connectivity index (χ0v) is 9.99. The smallest absolute Gasteiger partial charge is 0.141 e. The minimum Gasteiger partial charge on any atom is -0.340 e. The molecule has 2 N–H and O–H groups in total. The quantitative estimate of drug-likeness (QED) is 0.849. The zero-order valence-electron chi connectivity index (χ0n) is 9.99. The molecular weight excluding hydrogens is 231 g/mol. The van der Waals surface area contributed by atoms with Crippen molar-refractivity contribution in [1.29, 1.82) is 0 Å². The van der Waals surface area contributed by atoms with Crippen LogP contribution in [0, 0.1) is 11.7 Å². The molecule has 0 saturated heterocycles. The van der Waals surface area contributed by atoms with Crippen LogP contribution in [0.15, 0.2) is 24.5 Å². The fraction of sp³-hybridized carbons (Fsp3) is 0.385. The van der Waals surface area contributed by atoms with Gasteiger partial charge in [0.25, 0.3) is 0 Å². The van der Waals surface area contributed by atoms with E-state index in [0.29, 0.717) is 5.69 Å². The lowest BCUT2D eigenvalue weighted by molar-refractivity contribution is 0.621.